The van der Waals surface area contributed by atoms with Gasteiger partial charge in [0.05, 0.1) is 6.34 Å². The Kier molecular flexibility index (Phi) is 3.76. The Morgan fingerprint density at radius 2 is 2.00 bits per heavy atom. The summed E-state index contributed by atoms with van der Waals surface area (Å²) >= 11 is 0. The maximum atomic E-state index is 6.94. The summed E-state index contributed by atoms with van der Waals surface area (Å²) in [6.45, 7) is 6.04. The Balaban J connectivity index is 3.82. The molecule has 0 amide bonds. The number of hydrogen-bond donors (Lipinski definition) is 1. The molecular weight excluding hydrogens is 112 g/mol. The van der Waals surface area contributed by atoms with Crippen molar-refractivity contribution < 1.29 is 0 Å². The lowest BCUT2D eigenvalue weighted by Crippen LogP contribution is -2.22. The van der Waals surface area contributed by atoms with E-state index < -0.39 is 0 Å². The molecule has 0 fully saturated rings. The van der Waals surface area contributed by atoms with Crippen molar-refractivity contribution in [3.8, 4) is 0 Å². The third-order valence-electron chi connectivity index (χ3n) is 1.07. The summed E-state index contributed by atoms with van der Waals surface area (Å²) in [5.74, 6) is 0. The minimum atomic E-state index is 0.388. The SMILES string of the molecule is C/C=C\N(C=N)C(C)C. The highest BCUT2D eigenvalue weighted by atomic mass is 15.1. The van der Waals surface area contributed by atoms with Gasteiger partial charge in [0, 0.05) is 12.2 Å². The lowest BCUT2D eigenvalue weighted by molar-refractivity contribution is 0.468. The third-order valence-corrected chi connectivity index (χ3v) is 1.07. The minimum absolute atomic E-state index is 0.388. The Hall–Kier alpha value is -0.790. The van der Waals surface area contributed by atoms with Crippen molar-refractivity contribution >= 4 is 6.34 Å². The topological polar surface area (TPSA) is 27.1 Å². The smallest absolute Gasteiger partial charge is 0.0859 e. The molecule has 0 aliphatic carbocycles. The van der Waals surface area contributed by atoms with Gasteiger partial charge in [0.1, 0.15) is 0 Å². The van der Waals surface area contributed by atoms with E-state index in [9.17, 15) is 0 Å². The molecule has 0 spiro atoms. The molecule has 0 saturated heterocycles. The average Bonchev–Trinajstić information content (AvgIpc) is 1.82. The normalized spacial score (nSPS) is 10.7. The number of hydrogen-bond acceptors (Lipinski definition) is 1. The first-order valence-corrected chi connectivity index (χ1v) is 3.13. The van der Waals surface area contributed by atoms with E-state index >= 15 is 0 Å². The van der Waals surface area contributed by atoms with Gasteiger partial charge in [0.25, 0.3) is 0 Å². The fourth-order valence-corrected chi connectivity index (χ4v) is 0.536. The first-order chi connectivity index (χ1) is 4.22. The summed E-state index contributed by atoms with van der Waals surface area (Å²) in [6.07, 6.45) is 5.13. The van der Waals surface area contributed by atoms with Gasteiger partial charge in [-0.2, -0.15) is 0 Å². The van der Waals surface area contributed by atoms with Gasteiger partial charge in [-0.15, -0.1) is 0 Å². The zero-order valence-corrected chi connectivity index (χ0v) is 6.26. The molecule has 0 aromatic carbocycles. The molecular formula is C7H14N2. The number of nitrogens with zero attached hydrogens (tertiary/aromatic N) is 1. The molecule has 1 N–H and O–H groups in total. The van der Waals surface area contributed by atoms with Crippen LogP contribution in [-0.4, -0.2) is 17.3 Å². The standard InChI is InChI=1S/C7H14N2/c1-4-5-9(6-8)7(2)3/h4-8H,1-3H3/b5-4-,8-6?. The molecule has 0 bridgehead atoms. The molecule has 0 unspecified atom stereocenters. The zero-order chi connectivity index (χ0) is 7.28. The van der Waals surface area contributed by atoms with Crippen LogP contribution in [0, 0.1) is 5.41 Å². The van der Waals surface area contributed by atoms with E-state index in [4.69, 9.17) is 5.41 Å². The average molecular weight is 126 g/mol. The highest BCUT2D eigenvalue weighted by Gasteiger charge is 1.96. The Morgan fingerprint density at radius 1 is 1.44 bits per heavy atom. The van der Waals surface area contributed by atoms with Crippen LogP contribution in [0.1, 0.15) is 20.8 Å². The molecule has 9 heavy (non-hydrogen) atoms. The van der Waals surface area contributed by atoms with Crippen molar-refractivity contribution in [3.63, 3.8) is 0 Å². The van der Waals surface area contributed by atoms with Gasteiger partial charge in [0.2, 0.25) is 0 Å². The molecule has 2 heteroatoms. The zero-order valence-electron chi connectivity index (χ0n) is 6.26. The fraction of sp³-hybridized carbons (Fsp3) is 0.571. The summed E-state index contributed by atoms with van der Waals surface area (Å²) in [5.41, 5.74) is 0. The molecule has 0 rings (SSSR count). The monoisotopic (exact) mass is 126 g/mol. The van der Waals surface area contributed by atoms with Crippen molar-refractivity contribution in [2.45, 2.75) is 26.8 Å². The maximum Gasteiger partial charge on any atom is 0.0859 e. The second-order valence-corrected chi connectivity index (χ2v) is 2.15. The third kappa shape index (κ3) is 2.90. The van der Waals surface area contributed by atoms with Crippen molar-refractivity contribution in [3.05, 3.63) is 12.3 Å². The second kappa shape index (κ2) is 4.13. The highest BCUT2D eigenvalue weighted by Crippen LogP contribution is 1.93. The Morgan fingerprint density at radius 3 is 2.11 bits per heavy atom. The fourth-order valence-electron chi connectivity index (χ4n) is 0.536. The lowest BCUT2D eigenvalue weighted by atomic mass is 10.3. The van der Waals surface area contributed by atoms with Gasteiger partial charge in [-0.3, -0.25) is 5.41 Å². The van der Waals surface area contributed by atoms with Crippen LogP contribution in [0.3, 0.4) is 0 Å². The van der Waals surface area contributed by atoms with E-state index in [1.807, 2.05) is 37.9 Å². The van der Waals surface area contributed by atoms with Gasteiger partial charge in [-0.1, -0.05) is 6.08 Å². The van der Waals surface area contributed by atoms with Crippen LogP contribution in [-0.2, 0) is 0 Å². The van der Waals surface area contributed by atoms with Crippen molar-refractivity contribution in [1.82, 2.24) is 4.90 Å². The van der Waals surface area contributed by atoms with Gasteiger partial charge in [-0.05, 0) is 20.8 Å². The lowest BCUT2D eigenvalue weighted by Gasteiger charge is -2.17. The van der Waals surface area contributed by atoms with Crippen LogP contribution in [0.5, 0.6) is 0 Å². The molecule has 0 heterocycles. The molecule has 0 saturated carbocycles. The van der Waals surface area contributed by atoms with Crippen LogP contribution in [0.4, 0.5) is 0 Å². The first kappa shape index (κ1) is 8.21. The predicted molar refractivity (Wildman–Crippen MR) is 40.6 cm³/mol. The van der Waals surface area contributed by atoms with E-state index in [-0.39, 0.29) is 0 Å². The second-order valence-electron chi connectivity index (χ2n) is 2.15. The van der Waals surface area contributed by atoms with Crippen LogP contribution in [0.25, 0.3) is 0 Å². The first-order valence-electron chi connectivity index (χ1n) is 3.13. The molecule has 0 aliphatic rings. The Labute approximate surface area is 56.7 Å². The number of rotatable bonds is 3. The van der Waals surface area contributed by atoms with Crippen LogP contribution < -0.4 is 0 Å². The van der Waals surface area contributed by atoms with Gasteiger partial charge in [-0.25, -0.2) is 0 Å². The molecule has 0 radical (unpaired) electrons. The summed E-state index contributed by atoms with van der Waals surface area (Å²) in [7, 11) is 0. The molecule has 0 aromatic heterocycles. The summed E-state index contributed by atoms with van der Waals surface area (Å²) < 4.78 is 0. The summed E-state index contributed by atoms with van der Waals surface area (Å²) in [5, 5.41) is 6.94. The van der Waals surface area contributed by atoms with Crippen LogP contribution in [0.15, 0.2) is 12.3 Å². The van der Waals surface area contributed by atoms with Crippen molar-refractivity contribution in [2.24, 2.45) is 0 Å². The van der Waals surface area contributed by atoms with Crippen LogP contribution in [0.2, 0.25) is 0 Å². The van der Waals surface area contributed by atoms with Gasteiger partial charge in [0.15, 0.2) is 0 Å². The molecule has 0 atom stereocenters. The predicted octanol–water partition coefficient (Wildman–Crippen LogP) is 1.84. The van der Waals surface area contributed by atoms with Crippen molar-refractivity contribution in [2.75, 3.05) is 0 Å². The largest absolute Gasteiger partial charge is 0.337 e. The van der Waals surface area contributed by atoms with Gasteiger partial charge >= 0.3 is 0 Å². The summed E-state index contributed by atoms with van der Waals surface area (Å²) in [6, 6.07) is 0.388. The van der Waals surface area contributed by atoms with Crippen LogP contribution >= 0.6 is 0 Å². The van der Waals surface area contributed by atoms with E-state index in [1.54, 1.807) is 0 Å². The van der Waals surface area contributed by atoms with E-state index in [2.05, 4.69) is 0 Å². The maximum absolute atomic E-state index is 6.94. The van der Waals surface area contributed by atoms with E-state index in [0.717, 1.165) is 0 Å². The Bertz CT molecular complexity index is 105. The van der Waals surface area contributed by atoms with E-state index in [0.29, 0.717) is 6.04 Å². The molecule has 0 aliphatic heterocycles. The van der Waals surface area contributed by atoms with E-state index in [1.165, 1.54) is 6.34 Å². The molecule has 0 aromatic rings. The molecule has 2 nitrogen and oxygen atoms in total. The summed E-state index contributed by atoms with van der Waals surface area (Å²) in [4.78, 5) is 1.83. The highest BCUT2D eigenvalue weighted by molar-refractivity contribution is 5.52. The van der Waals surface area contributed by atoms with Crippen molar-refractivity contribution in [1.29, 1.82) is 5.41 Å². The van der Waals surface area contributed by atoms with Gasteiger partial charge < -0.3 is 4.90 Å². The molecule has 52 valence electrons. The number of allylic oxidation sites excluding steroid dienone is 1. The number of nitrogens with one attached hydrogen (secondary N) is 1. The quantitative estimate of drug-likeness (QED) is 0.453. The minimum Gasteiger partial charge on any atom is -0.337 e.